The lowest BCUT2D eigenvalue weighted by Gasteiger charge is -2.24. The van der Waals surface area contributed by atoms with E-state index in [-0.39, 0.29) is 24.9 Å². The molecule has 356 valence electrons. The number of hydrogen-bond acceptors (Lipinski definition) is 5. The summed E-state index contributed by atoms with van der Waals surface area (Å²) in [5.74, 6) is -0.464. The number of unbranched alkanes of at least 4 members (excludes halogenated alkanes) is 35. The fourth-order valence-electron chi connectivity index (χ4n) is 8.49. The second-order valence-electron chi connectivity index (χ2n) is 18.6. The van der Waals surface area contributed by atoms with Crippen molar-refractivity contribution in [2.24, 2.45) is 0 Å². The Morgan fingerprint density at radius 3 is 1.18 bits per heavy atom. The van der Waals surface area contributed by atoms with Crippen molar-refractivity contribution in [2.75, 3.05) is 6.61 Å². The molecule has 3 N–H and O–H groups in total. The van der Waals surface area contributed by atoms with Crippen molar-refractivity contribution in [2.45, 2.75) is 315 Å². The zero-order valence-corrected chi connectivity index (χ0v) is 40.6. The third kappa shape index (κ3) is 43.3. The molecule has 0 aromatic rings. The molecule has 0 spiro atoms. The summed E-state index contributed by atoms with van der Waals surface area (Å²) in [6.07, 6.45) is 54.2. The summed E-state index contributed by atoms with van der Waals surface area (Å²) >= 11 is 0. The van der Waals surface area contributed by atoms with Crippen molar-refractivity contribution in [3.63, 3.8) is 0 Å². The Labute approximate surface area is 374 Å². The van der Waals surface area contributed by atoms with Gasteiger partial charge >= 0.3 is 5.97 Å². The summed E-state index contributed by atoms with van der Waals surface area (Å²) in [7, 11) is 0. The van der Waals surface area contributed by atoms with Gasteiger partial charge in [-0.2, -0.15) is 0 Å². The van der Waals surface area contributed by atoms with Crippen LogP contribution in [-0.4, -0.2) is 46.9 Å². The van der Waals surface area contributed by atoms with Crippen molar-refractivity contribution in [1.82, 2.24) is 5.32 Å². The molecule has 0 aromatic heterocycles. The maximum Gasteiger partial charge on any atom is 0.306 e. The zero-order valence-electron chi connectivity index (χ0n) is 40.6. The summed E-state index contributed by atoms with van der Waals surface area (Å²) in [5, 5.41) is 23.7. The van der Waals surface area contributed by atoms with Gasteiger partial charge in [-0.3, -0.25) is 9.59 Å². The van der Waals surface area contributed by atoms with E-state index in [9.17, 15) is 19.8 Å². The third-order valence-electron chi connectivity index (χ3n) is 12.6. The maximum absolute atomic E-state index is 13.2. The van der Waals surface area contributed by atoms with E-state index in [1.165, 1.54) is 186 Å². The van der Waals surface area contributed by atoms with E-state index >= 15 is 0 Å². The fraction of sp³-hybridized carbons (Fsp3) is 0.926. The Hall–Kier alpha value is -1.40. The average Bonchev–Trinajstić information content (AvgIpc) is 3.24. The minimum Gasteiger partial charge on any atom is -0.462 e. The number of rotatable bonds is 49. The number of hydrogen-bond donors (Lipinski definition) is 3. The topological polar surface area (TPSA) is 95.9 Å². The van der Waals surface area contributed by atoms with Crippen LogP contribution < -0.4 is 5.32 Å². The van der Waals surface area contributed by atoms with Gasteiger partial charge in [0.05, 0.1) is 25.2 Å². The third-order valence-corrected chi connectivity index (χ3v) is 12.6. The normalized spacial score (nSPS) is 13.2. The first kappa shape index (κ1) is 58.6. The van der Waals surface area contributed by atoms with Crippen molar-refractivity contribution in [1.29, 1.82) is 0 Å². The van der Waals surface area contributed by atoms with Gasteiger partial charge in [0.25, 0.3) is 0 Å². The molecule has 60 heavy (non-hydrogen) atoms. The standard InChI is InChI=1S/C54H105NO5/c1-4-7-10-13-16-19-21-23-25-26-28-30-32-35-38-41-44-47-54(59)60-50(45-42-39-36-34-31-29-27-24-22-20-17-14-11-8-5-2)48-53(58)55-51(49-56)52(57)46-43-40-37-33-18-15-12-9-6-3/h24,27,50-52,56-57H,4-23,25-26,28-49H2,1-3H3,(H,55,58)/b27-24+. The van der Waals surface area contributed by atoms with Gasteiger partial charge < -0.3 is 20.3 Å². The zero-order chi connectivity index (χ0) is 43.8. The molecule has 1 amide bonds. The van der Waals surface area contributed by atoms with E-state index in [1.807, 2.05) is 0 Å². The van der Waals surface area contributed by atoms with Crippen LogP contribution in [0.1, 0.15) is 297 Å². The largest absolute Gasteiger partial charge is 0.462 e. The highest BCUT2D eigenvalue weighted by molar-refractivity contribution is 5.77. The first-order valence-corrected chi connectivity index (χ1v) is 26.9. The van der Waals surface area contributed by atoms with Crippen LogP contribution in [-0.2, 0) is 14.3 Å². The van der Waals surface area contributed by atoms with Crippen LogP contribution in [0.3, 0.4) is 0 Å². The van der Waals surface area contributed by atoms with Gasteiger partial charge in [-0.25, -0.2) is 0 Å². The van der Waals surface area contributed by atoms with Gasteiger partial charge in [0, 0.05) is 6.42 Å². The molecule has 0 bridgehead atoms. The number of carbonyl (C=O) groups is 2. The fourth-order valence-corrected chi connectivity index (χ4v) is 8.49. The van der Waals surface area contributed by atoms with E-state index in [0.717, 1.165) is 64.2 Å². The molecule has 0 radical (unpaired) electrons. The molecule has 3 unspecified atom stereocenters. The Morgan fingerprint density at radius 2 is 0.800 bits per heavy atom. The van der Waals surface area contributed by atoms with Crippen LogP contribution >= 0.6 is 0 Å². The molecular weight excluding hydrogens is 743 g/mol. The van der Waals surface area contributed by atoms with Crippen LogP contribution in [0.4, 0.5) is 0 Å². The van der Waals surface area contributed by atoms with Crippen molar-refractivity contribution < 1.29 is 24.5 Å². The smallest absolute Gasteiger partial charge is 0.306 e. The van der Waals surface area contributed by atoms with Gasteiger partial charge in [0.1, 0.15) is 6.10 Å². The molecule has 0 aliphatic carbocycles. The predicted molar refractivity (Wildman–Crippen MR) is 260 cm³/mol. The van der Waals surface area contributed by atoms with Crippen LogP contribution in [0.15, 0.2) is 12.2 Å². The monoisotopic (exact) mass is 848 g/mol. The molecule has 3 atom stereocenters. The lowest BCUT2D eigenvalue weighted by molar-refractivity contribution is -0.151. The van der Waals surface area contributed by atoms with E-state index < -0.39 is 18.2 Å². The number of carbonyl (C=O) groups excluding carboxylic acids is 2. The van der Waals surface area contributed by atoms with Crippen molar-refractivity contribution in [3.8, 4) is 0 Å². The molecule has 0 rings (SSSR count). The molecule has 0 saturated heterocycles. The van der Waals surface area contributed by atoms with E-state index in [2.05, 4.69) is 38.2 Å². The first-order chi connectivity index (χ1) is 29.5. The second-order valence-corrected chi connectivity index (χ2v) is 18.6. The number of aliphatic hydroxyl groups excluding tert-OH is 2. The minimum atomic E-state index is -0.783. The number of amides is 1. The summed E-state index contributed by atoms with van der Waals surface area (Å²) in [6.45, 7) is 6.49. The van der Waals surface area contributed by atoms with Gasteiger partial charge in [0.2, 0.25) is 5.91 Å². The number of aliphatic hydroxyl groups is 2. The molecular formula is C54H105NO5. The molecule has 0 fully saturated rings. The van der Waals surface area contributed by atoms with Crippen LogP contribution in [0.5, 0.6) is 0 Å². The summed E-state index contributed by atoms with van der Waals surface area (Å²) < 4.78 is 5.94. The first-order valence-electron chi connectivity index (χ1n) is 26.9. The maximum atomic E-state index is 13.2. The Balaban J connectivity index is 4.51. The lowest BCUT2D eigenvalue weighted by Crippen LogP contribution is -2.46. The number of ether oxygens (including phenoxy) is 1. The number of nitrogens with one attached hydrogen (secondary N) is 1. The van der Waals surface area contributed by atoms with E-state index in [4.69, 9.17) is 4.74 Å². The Kier molecular flexibility index (Phi) is 47.5. The molecule has 0 aliphatic rings. The van der Waals surface area contributed by atoms with Gasteiger partial charge in [-0.15, -0.1) is 0 Å². The highest BCUT2D eigenvalue weighted by atomic mass is 16.5. The van der Waals surface area contributed by atoms with Gasteiger partial charge in [0.15, 0.2) is 0 Å². The molecule has 0 saturated carbocycles. The quantitative estimate of drug-likeness (QED) is 0.0322. The van der Waals surface area contributed by atoms with E-state index in [0.29, 0.717) is 19.3 Å². The SMILES string of the molecule is CCCCCCCC/C=C/CCCCCCCC(CC(=O)NC(CO)C(O)CCCCCCCCCCC)OC(=O)CCCCCCCCCCCCCCCCCCC. The molecule has 6 nitrogen and oxygen atoms in total. The van der Waals surface area contributed by atoms with Crippen molar-refractivity contribution >= 4 is 11.9 Å². The Morgan fingerprint density at radius 1 is 0.467 bits per heavy atom. The van der Waals surface area contributed by atoms with E-state index in [1.54, 1.807) is 0 Å². The predicted octanol–water partition coefficient (Wildman–Crippen LogP) is 16.1. The molecule has 6 heteroatoms. The van der Waals surface area contributed by atoms with Crippen LogP contribution in [0, 0.1) is 0 Å². The highest BCUT2D eigenvalue weighted by Crippen LogP contribution is 2.18. The molecule has 0 heterocycles. The molecule has 0 aromatic carbocycles. The highest BCUT2D eigenvalue weighted by Gasteiger charge is 2.24. The Bertz CT molecular complexity index is 909. The number of allylic oxidation sites excluding steroid dienone is 2. The summed E-state index contributed by atoms with van der Waals surface area (Å²) in [5.41, 5.74) is 0. The number of esters is 1. The minimum absolute atomic E-state index is 0.0788. The lowest BCUT2D eigenvalue weighted by atomic mass is 10.0. The summed E-state index contributed by atoms with van der Waals surface area (Å²) in [4.78, 5) is 26.1. The second kappa shape index (κ2) is 48.6. The van der Waals surface area contributed by atoms with Gasteiger partial charge in [-0.1, -0.05) is 245 Å². The molecule has 0 aliphatic heterocycles. The van der Waals surface area contributed by atoms with Crippen LogP contribution in [0.2, 0.25) is 0 Å². The summed E-state index contributed by atoms with van der Waals surface area (Å²) in [6, 6.07) is -0.697. The van der Waals surface area contributed by atoms with Crippen LogP contribution in [0.25, 0.3) is 0 Å². The van der Waals surface area contributed by atoms with Crippen molar-refractivity contribution in [3.05, 3.63) is 12.2 Å². The van der Waals surface area contributed by atoms with Gasteiger partial charge in [-0.05, 0) is 51.4 Å². The average molecular weight is 848 g/mol.